The minimum absolute atomic E-state index is 0.0279. The third-order valence-corrected chi connectivity index (χ3v) is 3.95. The Kier molecular flexibility index (Phi) is 5.52. The number of nitrogens with zero attached hydrogens (tertiary/aromatic N) is 1. The molecule has 0 fully saturated rings. The maximum absolute atomic E-state index is 11.7. The van der Waals surface area contributed by atoms with Gasteiger partial charge in [-0.3, -0.25) is 0 Å². The Hall–Kier alpha value is -1.87. The Morgan fingerprint density at radius 2 is 2.16 bits per heavy atom. The normalized spacial score (nSPS) is 10.7. The molecule has 19 heavy (non-hydrogen) atoms. The topological polar surface area (TPSA) is 84.2 Å². The summed E-state index contributed by atoms with van der Waals surface area (Å²) < 4.78 is 28.2. The average Bonchev–Trinajstić information content (AvgIpc) is 2.36. The van der Waals surface area contributed by atoms with Gasteiger partial charge in [-0.1, -0.05) is 12.1 Å². The predicted molar refractivity (Wildman–Crippen MR) is 70.1 cm³/mol. The van der Waals surface area contributed by atoms with Gasteiger partial charge in [-0.25, -0.2) is 13.2 Å². The number of carbonyl (C=O) groups is 1. The largest absolute Gasteiger partial charge is 0.462 e. The molecular weight excluding hydrogens is 266 g/mol. The number of hydrogen-bond donors (Lipinski definition) is 0. The molecule has 0 unspecified atom stereocenters. The van der Waals surface area contributed by atoms with Crippen LogP contribution >= 0.6 is 0 Å². The van der Waals surface area contributed by atoms with Crippen molar-refractivity contribution in [2.45, 2.75) is 19.1 Å². The highest BCUT2D eigenvalue weighted by atomic mass is 32.2. The van der Waals surface area contributed by atoms with Crippen LogP contribution in [-0.2, 0) is 20.3 Å². The van der Waals surface area contributed by atoms with Crippen LogP contribution in [0, 0.1) is 11.3 Å². The van der Waals surface area contributed by atoms with E-state index in [1.807, 2.05) is 0 Å². The monoisotopic (exact) mass is 281 g/mol. The van der Waals surface area contributed by atoms with Crippen LogP contribution in [0.15, 0.2) is 24.3 Å². The molecule has 1 aromatic carbocycles. The lowest BCUT2D eigenvalue weighted by Crippen LogP contribution is -2.10. The molecule has 1 aromatic rings. The summed E-state index contributed by atoms with van der Waals surface area (Å²) in [5, 5.41) is 8.40. The molecule has 0 saturated heterocycles. The van der Waals surface area contributed by atoms with Crippen molar-refractivity contribution in [1.82, 2.24) is 0 Å². The molecule has 6 heteroatoms. The van der Waals surface area contributed by atoms with Crippen molar-refractivity contribution < 1.29 is 17.9 Å². The zero-order valence-electron chi connectivity index (χ0n) is 10.6. The molecule has 0 atom stereocenters. The third-order valence-electron chi connectivity index (χ3n) is 2.35. The van der Waals surface area contributed by atoms with E-state index in [0.717, 1.165) is 0 Å². The van der Waals surface area contributed by atoms with E-state index in [1.54, 1.807) is 31.2 Å². The lowest BCUT2D eigenvalue weighted by molar-refractivity contribution is 0.0526. The number of carbonyl (C=O) groups excluding carboxylic acids is 1. The summed E-state index contributed by atoms with van der Waals surface area (Å²) in [6.07, 6.45) is -0.0279. The van der Waals surface area contributed by atoms with Crippen LogP contribution in [0.2, 0.25) is 0 Å². The van der Waals surface area contributed by atoms with Gasteiger partial charge in [-0.15, -0.1) is 0 Å². The maximum atomic E-state index is 11.7. The summed E-state index contributed by atoms with van der Waals surface area (Å²) in [5.41, 5.74) is 0.846. The van der Waals surface area contributed by atoms with Crippen LogP contribution in [-0.4, -0.2) is 26.7 Å². The number of benzene rings is 1. The fourth-order valence-corrected chi connectivity index (χ4v) is 2.76. The van der Waals surface area contributed by atoms with E-state index in [2.05, 4.69) is 0 Å². The zero-order chi connectivity index (χ0) is 14.3. The second kappa shape index (κ2) is 6.90. The van der Waals surface area contributed by atoms with Gasteiger partial charge in [0.2, 0.25) is 0 Å². The Morgan fingerprint density at radius 1 is 1.42 bits per heavy atom. The molecule has 0 bridgehead atoms. The molecular formula is C13H15NO4S. The van der Waals surface area contributed by atoms with E-state index in [-0.39, 0.29) is 24.5 Å². The van der Waals surface area contributed by atoms with Crippen molar-refractivity contribution >= 4 is 15.8 Å². The van der Waals surface area contributed by atoms with Gasteiger partial charge < -0.3 is 4.74 Å². The zero-order valence-corrected chi connectivity index (χ0v) is 11.4. The summed E-state index contributed by atoms with van der Waals surface area (Å²) in [6, 6.07) is 8.12. The van der Waals surface area contributed by atoms with E-state index >= 15 is 0 Å². The lowest BCUT2D eigenvalue weighted by atomic mass is 10.1. The Balaban J connectivity index is 2.83. The van der Waals surface area contributed by atoms with E-state index in [0.29, 0.717) is 11.1 Å². The first-order chi connectivity index (χ1) is 8.98. The number of sulfone groups is 1. The van der Waals surface area contributed by atoms with Crippen LogP contribution in [0.1, 0.15) is 29.3 Å². The van der Waals surface area contributed by atoms with Crippen molar-refractivity contribution in [3.63, 3.8) is 0 Å². The fourth-order valence-electron chi connectivity index (χ4n) is 1.53. The Labute approximate surface area is 112 Å². The lowest BCUT2D eigenvalue weighted by Gasteiger charge is -2.05. The number of esters is 1. The van der Waals surface area contributed by atoms with Gasteiger partial charge in [0, 0.05) is 6.42 Å². The molecule has 5 nitrogen and oxygen atoms in total. The van der Waals surface area contributed by atoms with Gasteiger partial charge in [0.15, 0.2) is 9.84 Å². The molecule has 102 valence electrons. The van der Waals surface area contributed by atoms with Gasteiger partial charge in [0.05, 0.1) is 29.7 Å². The molecule has 1 rings (SSSR count). The van der Waals surface area contributed by atoms with Crippen LogP contribution in [0.25, 0.3) is 0 Å². The Morgan fingerprint density at radius 3 is 2.79 bits per heavy atom. The van der Waals surface area contributed by atoms with Crippen molar-refractivity contribution in [2.75, 3.05) is 12.4 Å². The van der Waals surface area contributed by atoms with Crippen LogP contribution in [0.3, 0.4) is 0 Å². The SMILES string of the molecule is CCOC(=O)c1cccc(CS(=O)(=O)CCC#N)c1. The molecule has 0 aliphatic rings. The first-order valence-electron chi connectivity index (χ1n) is 5.82. The van der Waals surface area contributed by atoms with Crippen molar-refractivity contribution in [1.29, 1.82) is 5.26 Å². The highest BCUT2D eigenvalue weighted by Gasteiger charge is 2.13. The van der Waals surface area contributed by atoms with E-state index in [9.17, 15) is 13.2 Å². The standard InChI is InChI=1S/C13H15NO4S/c1-2-18-13(15)12-6-3-5-11(9-12)10-19(16,17)8-4-7-14/h3,5-6,9H,2,4,8,10H2,1H3. The summed E-state index contributed by atoms with van der Waals surface area (Å²) >= 11 is 0. The molecule has 0 spiro atoms. The second-order valence-corrected chi connectivity index (χ2v) is 6.11. The number of ether oxygens (including phenoxy) is 1. The highest BCUT2D eigenvalue weighted by molar-refractivity contribution is 7.90. The number of rotatable bonds is 6. The molecule has 0 saturated carbocycles. The summed E-state index contributed by atoms with van der Waals surface area (Å²) in [7, 11) is -3.33. The summed E-state index contributed by atoms with van der Waals surface area (Å²) in [6.45, 7) is 1.97. The summed E-state index contributed by atoms with van der Waals surface area (Å²) in [5.74, 6) is -0.825. The number of nitriles is 1. The molecule has 0 heterocycles. The van der Waals surface area contributed by atoms with Gasteiger partial charge in [0.25, 0.3) is 0 Å². The van der Waals surface area contributed by atoms with Gasteiger partial charge in [-0.05, 0) is 24.6 Å². The third kappa shape index (κ3) is 5.10. The van der Waals surface area contributed by atoms with E-state index in [4.69, 9.17) is 10.00 Å². The highest BCUT2D eigenvalue weighted by Crippen LogP contribution is 2.11. The molecule has 0 amide bonds. The second-order valence-electron chi connectivity index (χ2n) is 3.92. The van der Waals surface area contributed by atoms with Crippen molar-refractivity contribution in [3.8, 4) is 6.07 Å². The van der Waals surface area contributed by atoms with E-state index in [1.165, 1.54) is 6.07 Å². The van der Waals surface area contributed by atoms with Crippen LogP contribution in [0.4, 0.5) is 0 Å². The minimum Gasteiger partial charge on any atom is -0.462 e. The molecule has 0 radical (unpaired) electrons. The maximum Gasteiger partial charge on any atom is 0.338 e. The quantitative estimate of drug-likeness (QED) is 0.741. The van der Waals surface area contributed by atoms with Gasteiger partial charge >= 0.3 is 5.97 Å². The first kappa shape index (κ1) is 15.2. The van der Waals surface area contributed by atoms with Gasteiger partial charge in [0.1, 0.15) is 0 Å². The van der Waals surface area contributed by atoms with Crippen molar-refractivity contribution in [2.24, 2.45) is 0 Å². The summed E-state index contributed by atoms with van der Waals surface area (Å²) in [4.78, 5) is 11.5. The minimum atomic E-state index is -3.33. The molecule has 0 N–H and O–H groups in total. The fraction of sp³-hybridized carbons (Fsp3) is 0.385. The van der Waals surface area contributed by atoms with Crippen LogP contribution < -0.4 is 0 Å². The number of hydrogen-bond acceptors (Lipinski definition) is 5. The van der Waals surface area contributed by atoms with Gasteiger partial charge in [-0.2, -0.15) is 5.26 Å². The van der Waals surface area contributed by atoms with E-state index < -0.39 is 15.8 Å². The molecule has 0 aliphatic carbocycles. The predicted octanol–water partition coefficient (Wildman–Crippen LogP) is 1.69. The smallest absolute Gasteiger partial charge is 0.338 e. The molecule has 0 aliphatic heterocycles. The van der Waals surface area contributed by atoms with Crippen LogP contribution in [0.5, 0.6) is 0 Å². The first-order valence-corrected chi connectivity index (χ1v) is 7.64. The van der Waals surface area contributed by atoms with Crippen molar-refractivity contribution in [3.05, 3.63) is 35.4 Å². The molecule has 0 aromatic heterocycles. The Bertz CT molecular complexity index is 587. The average molecular weight is 281 g/mol.